The van der Waals surface area contributed by atoms with Crippen molar-refractivity contribution in [1.29, 1.82) is 0 Å². The lowest BCUT2D eigenvalue weighted by Crippen LogP contribution is -2.58. The third-order valence-corrected chi connectivity index (χ3v) is 3.37. The number of rotatable bonds is 4. The van der Waals surface area contributed by atoms with Crippen LogP contribution in [0.5, 0.6) is 0 Å². The van der Waals surface area contributed by atoms with Crippen LogP contribution in [0, 0.1) is 0 Å². The van der Waals surface area contributed by atoms with Crippen molar-refractivity contribution >= 4 is 11.9 Å². The third-order valence-electron chi connectivity index (χ3n) is 3.37. The summed E-state index contributed by atoms with van der Waals surface area (Å²) >= 11 is 0. The summed E-state index contributed by atoms with van der Waals surface area (Å²) in [6.45, 7) is 4.94. The molecule has 18 heavy (non-hydrogen) atoms. The molecule has 2 rings (SSSR count). The van der Waals surface area contributed by atoms with Crippen molar-refractivity contribution in [2.75, 3.05) is 52.5 Å². The fourth-order valence-electron chi connectivity index (χ4n) is 2.26. The molecule has 7 heteroatoms. The van der Waals surface area contributed by atoms with Crippen LogP contribution >= 0.6 is 0 Å². The van der Waals surface area contributed by atoms with Crippen molar-refractivity contribution < 1.29 is 19.4 Å². The average Bonchev–Trinajstić information content (AvgIpc) is 2.37. The second-order valence-electron chi connectivity index (χ2n) is 4.58. The Morgan fingerprint density at radius 2 is 2.11 bits per heavy atom. The average molecular weight is 257 g/mol. The quantitative estimate of drug-likeness (QED) is 0.618. The van der Waals surface area contributed by atoms with Gasteiger partial charge < -0.3 is 15.2 Å². The lowest BCUT2D eigenvalue weighted by Gasteiger charge is -2.35. The van der Waals surface area contributed by atoms with Crippen molar-refractivity contribution in [3.63, 3.8) is 0 Å². The van der Waals surface area contributed by atoms with Gasteiger partial charge in [0.25, 0.3) is 0 Å². The number of aliphatic carboxylic acids is 1. The first kappa shape index (κ1) is 13.3. The predicted octanol–water partition coefficient (Wildman–Crippen LogP) is -1.80. The first-order valence-electron chi connectivity index (χ1n) is 6.20. The van der Waals surface area contributed by atoms with Crippen LogP contribution in [0.1, 0.15) is 0 Å². The van der Waals surface area contributed by atoms with Crippen LogP contribution in [0.25, 0.3) is 0 Å². The number of nitrogens with zero attached hydrogens (tertiary/aromatic N) is 2. The molecule has 102 valence electrons. The summed E-state index contributed by atoms with van der Waals surface area (Å²) in [5.41, 5.74) is 0. The van der Waals surface area contributed by atoms with Gasteiger partial charge >= 0.3 is 5.97 Å². The zero-order valence-electron chi connectivity index (χ0n) is 10.3. The number of hydrogen-bond acceptors (Lipinski definition) is 5. The van der Waals surface area contributed by atoms with E-state index in [1.807, 2.05) is 0 Å². The number of carboxylic acids is 1. The first-order valence-corrected chi connectivity index (χ1v) is 6.20. The van der Waals surface area contributed by atoms with Gasteiger partial charge in [0.05, 0.1) is 19.8 Å². The number of carboxylic acid groups (broad SMARTS) is 1. The maximum absolute atomic E-state index is 11.3. The zero-order chi connectivity index (χ0) is 13.0. The van der Waals surface area contributed by atoms with Crippen LogP contribution in [-0.2, 0) is 14.3 Å². The molecule has 0 radical (unpaired) electrons. The van der Waals surface area contributed by atoms with Crippen LogP contribution < -0.4 is 5.32 Å². The zero-order valence-corrected chi connectivity index (χ0v) is 10.3. The van der Waals surface area contributed by atoms with E-state index in [9.17, 15) is 9.59 Å². The van der Waals surface area contributed by atoms with Crippen molar-refractivity contribution in [2.45, 2.75) is 6.04 Å². The molecule has 2 aliphatic heterocycles. The topological polar surface area (TPSA) is 82.1 Å². The Hall–Kier alpha value is -1.18. The van der Waals surface area contributed by atoms with Crippen LogP contribution in [0.3, 0.4) is 0 Å². The molecule has 2 saturated heterocycles. The second-order valence-corrected chi connectivity index (χ2v) is 4.58. The Labute approximate surface area is 106 Å². The van der Waals surface area contributed by atoms with Gasteiger partial charge in [-0.2, -0.15) is 0 Å². The molecule has 0 aromatic heterocycles. The minimum atomic E-state index is -0.878. The largest absolute Gasteiger partial charge is 0.480 e. The number of amides is 1. The number of hydrogen-bond donors (Lipinski definition) is 2. The van der Waals surface area contributed by atoms with Crippen LogP contribution in [0.4, 0.5) is 0 Å². The van der Waals surface area contributed by atoms with E-state index in [4.69, 9.17) is 9.84 Å². The molecule has 0 spiro atoms. The Balaban J connectivity index is 1.83. The molecule has 1 amide bonds. The molecule has 2 N–H and O–H groups in total. The molecule has 2 fully saturated rings. The summed E-state index contributed by atoms with van der Waals surface area (Å²) in [6.07, 6.45) is 0. The molecular weight excluding hydrogens is 238 g/mol. The second kappa shape index (κ2) is 6.12. The maximum atomic E-state index is 11.3. The minimum Gasteiger partial charge on any atom is -0.480 e. The molecule has 0 aliphatic carbocycles. The number of carbonyl (C=O) groups is 2. The molecule has 1 unspecified atom stereocenters. The molecule has 0 bridgehead atoms. The summed E-state index contributed by atoms with van der Waals surface area (Å²) in [5, 5.41) is 11.7. The lowest BCUT2D eigenvalue weighted by atomic mass is 10.2. The van der Waals surface area contributed by atoms with E-state index in [0.717, 1.165) is 32.8 Å². The van der Waals surface area contributed by atoms with Gasteiger partial charge in [-0.1, -0.05) is 0 Å². The van der Waals surface area contributed by atoms with E-state index in [2.05, 4.69) is 10.2 Å². The van der Waals surface area contributed by atoms with Gasteiger partial charge in [-0.05, 0) is 0 Å². The van der Waals surface area contributed by atoms with Crippen LogP contribution in [-0.4, -0.2) is 85.3 Å². The van der Waals surface area contributed by atoms with Gasteiger partial charge in [0.2, 0.25) is 5.91 Å². The monoisotopic (exact) mass is 257 g/mol. The van der Waals surface area contributed by atoms with E-state index in [1.54, 1.807) is 4.90 Å². The molecule has 0 aromatic carbocycles. The summed E-state index contributed by atoms with van der Waals surface area (Å²) in [6, 6.07) is -0.608. The molecule has 1 atom stereocenters. The molecule has 2 aliphatic rings. The van der Waals surface area contributed by atoms with Crippen LogP contribution in [0.2, 0.25) is 0 Å². The van der Waals surface area contributed by atoms with Crippen molar-refractivity contribution in [2.24, 2.45) is 0 Å². The predicted molar refractivity (Wildman–Crippen MR) is 63.3 cm³/mol. The minimum absolute atomic E-state index is 0.102. The van der Waals surface area contributed by atoms with Crippen molar-refractivity contribution in [3.8, 4) is 0 Å². The SMILES string of the molecule is O=C1CN(CCN2CCOCC2)C(C(=O)O)CN1. The Bertz CT molecular complexity index is 317. The maximum Gasteiger partial charge on any atom is 0.322 e. The smallest absolute Gasteiger partial charge is 0.322 e. The fourth-order valence-corrected chi connectivity index (χ4v) is 2.26. The Morgan fingerprint density at radius 1 is 1.39 bits per heavy atom. The highest BCUT2D eigenvalue weighted by molar-refractivity contribution is 5.83. The summed E-state index contributed by atoms with van der Waals surface area (Å²) in [4.78, 5) is 26.4. The highest BCUT2D eigenvalue weighted by atomic mass is 16.5. The first-order chi connectivity index (χ1) is 8.66. The van der Waals surface area contributed by atoms with E-state index >= 15 is 0 Å². The van der Waals surface area contributed by atoms with Crippen molar-refractivity contribution in [1.82, 2.24) is 15.1 Å². The molecule has 0 saturated carbocycles. The van der Waals surface area contributed by atoms with E-state index in [1.165, 1.54) is 0 Å². The van der Waals surface area contributed by atoms with E-state index < -0.39 is 12.0 Å². The van der Waals surface area contributed by atoms with Crippen LogP contribution in [0.15, 0.2) is 0 Å². The molecule has 2 heterocycles. The number of nitrogens with one attached hydrogen (secondary N) is 1. The summed E-state index contributed by atoms with van der Waals surface area (Å²) in [7, 11) is 0. The van der Waals surface area contributed by atoms with Gasteiger partial charge in [0.15, 0.2) is 0 Å². The highest BCUT2D eigenvalue weighted by Gasteiger charge is 2.31. The third kappa shape index (κ3) is 3.41. The molecular formula is C11H19N3O4. The number of carbonyl (C=O) groups excluding carboxylic acids is 1. The fraction of sp³-hybridized carbons (Fsp3) is 0.818. The lowest BCUT2D eigenvalue weighted by molar-refractivity contribution is -0.146. The van der Waals surface area contributed by atoms with Gasteiger partial charge in [-0.25, -0.2) is 0 Å². The number of piperazine rings is 1. The van der Waals surface area contributed by atoms with Gasteiger partial charge in [-0.3, -0.25) is 19.4 Å². The normalized spacial score (nSPS) is 26.9. The van der Waals surface area contributed by atoms with E-state index in [0.29, 0.717) is 6.54 Å². The van der Waals surface area contributed by atoms with E-state index in [-0.39, 0.29) is 19.0 Å². The number of ether oxygens (including phenoxy) is 1. The molecule has 7 nitrogen and oxygen atoms in total. The van der Waals surface area contributed by atoms with Crippen molar-refractivity contribution in [3.05, 3.63) is 0 Å². The van der Waals surface area contributed by atoms with Gasteiger partial charge in [0.1, 0.15) is 6.04 Å². The number of morpholine rings is 1. The summed E-state index contributed by atoms with van der Waals surface area (Å²) < 4.78 is 5.25. The Kier molecular flexibility index (Phi) is 4.51. The Morgan fingerprint density at radius 3 is 2.78 bits per heavy atom. The standard InChI is InChI=1S/C11H19N3O4/c15-10-8-14(9(7-12-10)11(16)17)2-1-13-3-5-18-6-4-13/h9H,1-8H2,(H,12,15)(H,16,17). The van der Waals surface area contributed by atoms with Gasteiger partial charge in [0, 0.05) is 32.7 Å². The summed E-state index contributed by atoms with van der Waals surface area (Å²) in [5.74, 6) is -0.980. The molecule has 0 aromatic rings. The highest BCUT2D eigenvalue weighted by Crippen LogP contribution is 2.05. The van der Waals surface area contributed by atoms with Gasteiger partial charge in [-0.15, -0.1) is 0 Å².